The Morgan fingerprint density at radius 2 is 1.69 bits per heavy atom. The van der Waals surface area contributed by atoms with Crippen LogP contribution in [0.3, 0.4) is 0 Å². The molecular formula is C27H32FN3O5. The molecule has 8 nitrogen and oxygen atoms in total. The maximum Gasteiger partial charge on any atom is 0.305 e. The molecule has 3 N–H and O–H groups in total. The van der Waals surface area contributed by atoms with Crippen molar-refractivity contribution in [3.63, 3.8) is 0 Å². The lowest BCUT2D eigenvalue weighted by Crippen LogP contribution is -2.45. The van der Waals surface area contributed by atoms with Gasteiger partial charge in [0, 0.05) is 6.07 Å². The van der Waals surface area contributed by atoms with Crippen molar-refractivity contribution in [2.45, 2.75) is 52.7 Å². The topological polar surface area (TPSA) is 114 Å². The molecule has 0 saturated carbocycles. The molecule has 0 bridgehead atoms. The molecule has 0 fully saturated rings. The molecule has 0 spiro atoms. The van der Waals surface area contributed by atoms with Gasteiger partial charge >= 0.3 is 5.97 Å². The van der Waals surface area contributed by atoms with Crippen LogP contribution < -0.4 is 10.1 Å². The van der Waals surface area contributed by atoms with Crippen molar-refractivity contribution < 1.29 is 28.9 Å². The van der Waals surface area contributed by atoms with Crippen molar-refractivity contribution >= 4 is 11.9 Å². The summed E-state index contributed by atoms with van der Waals surface area (Å²) in [6, 6.07) is 13.3. The zero-order valence-electron chi connectivity index (χ0n) is 21.1. The standard InChI is InChI=1S/C27H32FN3O5/c1-17-6-8-18(9-7-17)21(15-24(32)33)29-25(34)22-14-23(36-16-27(5,35)26(2,3)4)31(30-22)20-12-10-19(28)11-13-20/h6-14,21,35H,15-16H2,1-5H3,(H,29,34)(H,32,33). The van der Waals surface area contributed by atoms with Crippen LogP contribution in [0.15, 0.2) is 54.6 Å². The number of ether oxygens (including phenoxy) is 1. The molecule has 9 heteroatoms. The van der Waals surface area contributed by atoms with E-state index in [0.717, 1.165) is 5.56 Å². The van der Waals surface area contributed by atoms with Crippen LogP contribution in [-0.4, -0.2) is 44.1 Å². The number of carboxylic acids is 1. The van der Waals surface area contributed by atoms with Crippen molar-refractivity contribution in [1.29, 1.82) is 0 Å². The van der Waals surface area contributed by atoms with Crippen LogP contribution in [0.5, 0.6) is 5.88 Å². The second-order valence-electron chi connectivity index (χ2n) is 10.1. The first-order chi connectivity index (χ1) is 16.8. The predicted molar refractivity (Wildman–Crippen MR) is 133 cm³/mol. The fourth-order valence-electron chi connectivity index (χ4n) is 3.23. The van der Waals surface area contributed by atoms with E-state index >= 15 is 0 Å². The van der Waals surface area contributed by atoms with Crippen molar-refractivity contribution in [3.05, 3.63) is 77.2 Å². The van der Waals surface area contributed by atoms with E-state index in [-0.39, 0.29) is 24.6 Å². The van der Waals surface area contributed by atoms with Gasteiger partial charge in [0.1, 0.15) is 18.0 Å². The molecule has 2 aromatic carbocycles. The zero-order valence-corrected chi connectivity index (χ0v) is 21.1. The lowest BCUT2D eigenvalue weighted by atomic mass is 9.78. The SMILES string of the molecule is Cc1ccc(C(CC(=O)O)NC(=O)c2cc(OCC(C)(O)C(C)(C)C)n(-c3ccc(F)cc3)n2)cc1. The highest BCUT2D eigenvalue weighted by Gasteiger charge is 2.36. The molecule has 1 heterocycles. The molecule has 2 unspecified atom stereocenters. The minimum atomic E-state index is -1.20. The number of nitrogens with zero attached hydrogens (tertiary/aromatic N) is 2. The van der Waals surface area contributed by atoms with Crippen molar-refractivity contribution in [3.8, 4) is 11.6 Å². The van der Waals surface area contributed by atoms with Gasteiger partial charge in [-0.25, -0.2) is 9.07 Å². The largest absolute Gasteiger partial charge is 0.481 e. The summed E-state index contributed by atoms with van der Waals surface area (Å²) in [6.45, 7) is 9.10. The number of rotatable bonds is 9. The van der Waals surface area contributed by atoms with E-state index in [1.807, 2.05) is 39.8 Å². The number of nitrogens with one attached hydrogen (secondary N) is 1. The highest BCUT2D eigenvalue weighted by atomic mass is 19.1. The maximum absolute atomic E-state index is 13.5. The number of carbonyl (C=O) groups is 2. The molecule has 192 valence electrons. The maximum atomic E-state index is 13.5. The van der Waals surface area contributed by atoms with E-state index in [0.29, 0.717) is 11.3 Å². The molecule has 2 atom stereocenters. The quantitative estimate of drug-likeness (QED) is 0.403. The summed E-state index contributed by atoms with van der Waals surface area (Å²) in [5, 5.41) is 27.3. The molecule has 1 amide bonds. The summed E-state index contributed by atoms with van der Waals surface area (Å²) in [5.41, 5.74) is 0.378. The van der Waals surface area contributed by atoms with E-state index < -0.39 is 34.8 Å². The first-order valence-corrected chi connectivity index (χ1v) is 11.6. The summed E-state index contributed by atoms with van der Waals surface area (Å²) >= 11 is 0. The normalized spacial score (nSPS) is 14.1. The molecular weight excluding hydrogens is 465 g/mol. The van der Waals surface area contributed by atoms with Crippen LogP contribution in [0.25, 0.3) is 5.69 Å². The Morgan fingerprint density at radius 3 is 2.25 bits per heavy atom. The van der Waals surface area contributed by atoms with Crippen LogP contribution in [-0.2, 0) is 4.79 Å². The van der Waals surface area contributed by atoms with E-state index in [4.69, 9.17) is 4.74 Å². The van der Waals surface area contributed by atoms with Crippen molar-refractivity contribution in [2.75, 3.05) is 6.61 Å². The van der Waals surface area contributed by atoms with Gasteiger partial charge in [0.25, 0.3) is 5.91 Å². The van der Waals surface area contributed by atoms with Gasteiger partial charge in [-0.1, -0.05) is 50.6 Å². The Balaban J connectivity index is 1.93. The Labute approximate surface area is 209 Å². The van der Waals surface area contributed by atoms with Gasteiger partial charge in [-0.05, 0) is 49.1 Å². The molecule has 0 saturated heterocycles. The molecule has 0 aliphatic heterocycles. The summed E-state index contributed by atoms with van der Waals surface area (Å²) in [5.74, 6) is -1.93. The van der Waals surface area contributed by atoms with Gasteiger partial charge in [-0.2, -0.15) is 5.10 Å². The minimum absolute atomic E-state index is 0.0211. The lowest BCUT2D eigenvalue weighted by Gasteiger charge is -2.36. The van der Waals surface area contributed by atoms with Gasteiger partial charge < -0.3 is 20.3 Å². The number of hydrogen-bond acceptors (Lipinski definition) is 5. The highest BCUT2D eigenvalue weighted by Crippen LogP contribution is 2.31. The molecule has 3 rings (SSSR count). The molecule has 0 aliphatic rings. The van der Waals surface area contributed by atoms with E-state index in [1.54, 1.807) is 19.1 Å². The molecule has 0 aliphatic carbocycles. The highest BCUT2D eigenvalue weighted by molar-refractivity contribution is 5.93. The van der Waals surface area contributed by atoms with Gasteiger partial charge in [-0.3, -0.25) is 9.59 Å². The fraction of sp³-hybridized carbons (Fsp3) is 0.370. The number of amides is 1. The molecule has 1 aromatic heterocycles. The summed E-state index contributed by atoms with van der Waals surface area (Å²) in [7, 11) is 0. The molecule has 36 heavy (non-hydrogen) atoms. The van der Waals surface area contributed by atoms with Crippen molar-refractivity contribution in [1.82, 2.24) is 15.1 Å². The van der Waals surface area contributed by atoms with Crippen LogP contribution >= 0.6 is 0 Å². The predicted octanol–water partition coefficient (Wildman–Crippen LogP) is 4.44. The van der Waals surface area contributed by atoms with E-state index in [1.165, 1.54) is 35.0 Å². The Morgan fingerprint density at radius 1 is 1.08 bits per heavy atom. The average Bonchev–Trinajstić information content (AvgIpc) is 3.22. The third kappa shape index (κ3) is 6.48. The fourth-order valence-corrected chi connectivity index (χ4v) is 3.23. The second-order valence-corrected chi connectivity index (χ2v) is 10.1. The van der Waals surface area contributed by atoms with Gasteiger partial charge in [0.05, 0.1) is 18.2 Å². The molecule has 3 aromatic rings. The first-order valence-electron chi connectivity index (χ1n) is 11.6. The number of halogens is 1. The summed E-state index contributed by atoms with van der Waals surface area (Å²) in [6.07, 6.45) is -0.314. The Hall–Kier alpha value is -3.72. The zero-order chi connectivity index (χ0) is 26.7. The number of aryl methyl sites for hydroxylation is 1. The number of carbonyl (C=O) groups excluding carboxylic acids is 1. The third-order valence-corrected chi connectivity index (χ3v) is 6.26. The van der Waals surface area contributed by atoms with Gasteiger partial charge in [0.15, 0.2) is 5.69 Å². The van der Waals surface area contributed by atoms with Gasteiger partial charge in [-0.15, -0.1) is 0 Å². The van der Waals surface area contributed by atoms with E-state index in [9.17, 15) is 24.2 Å². The average molecular weight is 498 g/mol. The smallest absolute Gasteiger partial charge is 0.305 e. The van der Waals surface area contributed by atoms with Gasteiger partial charge in [0.2, 0.25) is 5.88 Å². The van der Waals surface area contributed by atoms with Crippen LogP contribution in [0.2, 0.25) is 0 Å². The number of benzene rings is 2. The first kappa shape index (κ1) is 26.9. The number of aliphatic carboxylic acids is 1. The summed E-state index contributed by atoms with van der Waals surface area (Å²) < 4.78 is 20.7. The number of aromatic nitrogens is 2. The summed E-state index contributed by atoms with van der Waals surface area (Å²) in [4.78, 5) is 24.6. The van der Waals surface area contributed by atoms with Crippen molar-refractivity contribution in [2.24, 2.45) is 5.41 Å². The Bertz CT molecular complexity index is 1210. The Kier molecular flexibility index (Phi) is 7.83. The van der Waals surface area contributed by atoms with Crippen LogP contribution in [0.1, 0.15) is 61.8 Å². The number of hydrogen-bond donors (Lipinski definition) is 3. The van der Waals surface area contributed by atoms with Crippen LogP contribution in [0, 0.1) is 18.2 Å². The number of carboxylic acid groups (broad SMARTS) is 1. The lowest BCUT2D eigenvalue weighted by molar-refractivity contribution is -0.137. The monoisotopic (exact) mass is 497 g/mol. The minimum Gasteiger partial charge on any atom is -0.481 e. The second kappa shape index (κ2) is 10.5. The molecule has 0 radical (unpaired) electrons. The van der Waals surface area contributed by atoms with E-state index in [2.05, 4.69) is 10.4 Å². The third-order valence-electron chi connectivity index (χ3n) is 6.26. The number of aliphatic hydroxyl groups is 1. The van der Waals surface area contributed by atoms with Crippen LogP contribution in [0.4, 0.5) is 4.39 Å².